The molecule has 0 bridgehead atoms. The number of carboxylic acids is 1. The van der Waals surface area contributed by atoms with Crippen molar-refractivity contribution in [2.75, 3.05) is 0 Å². The third-order valence-electron chi connectivity index (χ3n) is 5.68. The molecule has 140 valence electrons. The van der Waals surface area contributed by atoms with Crippen LogP contribution in [0.15, 0.2) is 97.1 Å². The zero-order valence-electron chi connectivity index (χ0n) is 15.5. The standard InChI is InChI=1S/C25H23NO2/c26-25(21-14-8-3-9-15-21)17-20(18-10-4-1-5-11-18)16-22(23(25)24(27)28)19-12-6-2-7-13-19/h1-15,17,22-23H,16,26H2,(H,27,28)/t22?,23-,25?/m0/s1. The largest absolute Gasteiger partial charge is 0.481 e. The van der Waals surface area contributed by atoms with E-state index in [0.29, 0.717) is 6.42 Å². The SMILES string of the molecule is NC1(c2ccccc2)C=C(c2ccccc2)CC(c2ccccc2)[C@H]1C(=O)O. The summed E-state index contributed by atoms with van der Waals surface area (Å²) in [7, 11) is 0. The van der Waals surface area contributed by atoms with E-state index in [9.17, 15) is 9.90 Å². The van der Waals surface area contributed by atoms with E-state index in [0.717, 1.165) is 22.3 Å². The number of aliphatic carboxylic acids is 1. The van der Waals surface area contributed by atoms with Gasteiger partial charge in [-0.3, -0.25) is 4.79 Å². The molecule has 3 aromatic rings. The van der Waals surface area contributed by atoms with Gasteiger partial charge in [0.1, 0.15) is 0 Å². The molecule has 2 unspecified atom stereocenters. The molecule has 0 heterocycles. The van der Waals surface area contributed by atoms with Crippen molar-refractivity contribution in [3.05, 3.63) is 114 Å². The van der Waals surface area contributed by atoms with Crippen LogP contribution in [0.4, 0.5) is 0 Å². The predicted molar refractivity (Wildman–Crippen MR) is 112 cm³/mol. The number of allylic oxidation sites excluding steroid dienone is 1. The van der Waals surface area contributed by atoms with Gasteiger partial charge in [0, 0.05) is 5.92 Å². The average molecular weight is 369 g/mol. The third kappa shape index (κ3) is 3.25. The molecule has 3 N–H and O–H groups in total. The maximum Gasteiger partial charge on any atom is 0.309 e. The van der Waals surface area contributed by atoms with Gasteiger partial charge >= 0.3 is 5.97 Å². The van der Waals surface area contributed by atoms with Crippen molar-refractivity contribution in [2.24, 2.45) is 11.7 Å². The summed E-state index contributed by atoms with van der Waals surface area (Å²) in [5, 5.41) is 10.2. The second-order valence-corrected chi connectivity index (χ2v) is 7.37. The minimum Gasteiger partial charge on any atom is -0.481 e. The number of nitrogens with two attached hydrogens (primary N) is 1. The number of carbonyl (C=O) groups is 1. The number of carboxylic acid groups (broad SMARTS) is 1. The molecular formula is C25H23NO2. The van der Waals surface area contributed by atoms with E-state index in [2.05, 4.69) is 12.1 Å². The average Bonchev–Trinajstić information content (AvgIpc) is 2.75. The van der Waals surface area contributed by atoms with E-state index in [1.807, 2.05) is 84.9 Å². The van der Waals surface area contributed by atoms with E-state index >= 15 is 0 Å². The molecule has 0 aromatic heterocycles. The Labute approximate surface area is 165 Å². The van der Waals surface area contributed by atoms with E-state index in [-0.39, 0.29) is 5.92 Å². The minimum atomic E-state index is -1.10. The molecule has 4 rings (SSSR count). The first kappa shape index (κ1) is 18.2. The van der Waals surface area contributed by atoms with Gasteiger partial charge in [0.15, 0.2) is 0 Å². The number of hydrogen-bond acceptors (Lipinski definition) is 2. The summed E-state index contributed by atoms with van der Waals surface area (Å²) >= 11 is 0. The molecule has 28 heavy (non-hydrogen) atoms. The quantitative estimate of drug-likeness (QED) is 0.693. The van der Waals surface area contributed by atoms with E-state index in [4.69, 9.17) is 5.73 Å². The molecule has 0 fully saturated rings. The Morgan fingerprint density at radius 1 is 0.857 bits per heavy atom. The molecule has 0 saturated carbocycles. The number of hydrogen-bond donors (Lipinski definition) is 2. The molecule has 0 spiro atoms. The third-order valence-corrected chi connectivity index (χ3v) is 5.68. The van der Waals surface area contributed by atoms with Gasteiger partial charge in [0.2, 0.25) is 0 Å². The fourth-order valence-electron chi connectivity index (χ4n) is 4.35. The lowest BCUT2D eigenvalue weighted by atomic mass is 9.63. The summed E-state index contributed by atoms with van der Waals surface area (Å²) in [6.45, 7) is 0. The minimum absolute atomic E-state index is 0.218. The number of rotatable bonds is 4. The Kier molecular flexibility index (Phi) is 4.84. The summed E-state index contributed by atoms with van der Waals surface area (Å²) in [6.07, 6.45) is 2.60. The fourth-order valence-corrected chi connectivity index (χ4v) is 4.35. The molecule has 0 radical (unpaired) electrons. The van der Waals surface area contributed by atoms with Crippen molar-refractivity contribution in [2.45, 2.75) is 17.9 Å². The lowest BCUT2D eigenvalue weighted by Crippen LogP contribution is -2.51. The first-order valence-corrected chi connectivity index (χ1v) is 9.49. The second-order valence-electron chi connectivity index (χ2n) is 7.37. The second kappa shape index (κ2) is 7.45. The monoisotopic (exact) mass is 369 g/mol. The van der Waals surface area contributed by atoms with Gasteiger partial charge in [-0.25, -0.2) is 0 Å². The van der Waals surface area contributed by atoms with Gasteiger partial charge < -0.3 is 10.8 Å². The Balaban J connectivity index is 1.93. The molecule has 0 saturated heterocycles. The van der Waals surface area contributed by atoms with Crippen LogP contribution >= 0.6 is 0 Å². The molecule has 1 aliphatic rings. The molecule has 3 nitrogen and oxygen atoms in total. The Hall–Kier alpha value is -3.17. The van der Waals surface area contributed by atoms with Crippen LogP contribution in [0.25, 0.3) is 5.57 Å². The van der Waals surface area contributed by atoms with Crippen LogP contribution in [0.5, 0.6) is 0 Å². The summed E-state index contributed by atoms with van der Waals surface area (Å²) < 4.78 is 0. The van der Waals surface area contributed by atoms with Gasteiger partial charge in [-0.1, -0.05) is 97.1 Å². The van der Waals surface area contributed by atoms with Crippen molar-refractivity contribution in [1.29, 1.82) is 0 Å². The first-order chi connectivity index (χ1) is 13.6. The zero-order chi connectivity index (χ0) is 19.6. The van der Waals surface area contributed by atoms with Gasteiger partial charge in [-0.2, -0.15) is 0 Å². The Morgan fingerprint density at radius 2 is 1.39 bits per heavy atom. The molecule has 0 amide bonds. The van der Waals surface area contributed by atoms with Gasteiger partial charge in [0.05, 0.1) is 11.5 Å². The normalized spacial score (nSPS) is 24.4. The first-order valence-electron chi connectivity index (χ1n) is 9.49. The predicted octanol–water partition coefficient (Wildman–Crippen LogP) is 4.81. The highest BCUT2D eigenvalue weighted by Gasteiger charge is 2.48. The molecular weight excluding hydrogens is 346 g/mol. The van der Waals surface area contributed by atoms with Gasteiger partial charge in [0.25, 0.3) is 0 Å². The fraction of sp³-hybridized carbons (Fsp3) is 0.160. The van der Waals surface area contributed by atoms with Crippen LogP contribution < -0.4 is 5.73 Å². The van der Waals surface area contributed by atoms with Crippen molar-refractivity contribution < 1.29 is 9.90 Å². The van der Waals surface area contributed by atoms with Crippen molar-refractivity contribution in [3.63, 3.8) is 0 Å². The zero-order valence-corrected chi connectivity index (χ0v) is 15.5. The molecule has 1 aliphatic carbocycles. The van der Waals surface area contributed by atoms with E-state index in [1.165, 1.54) is 0 Å². The smallest absolute Gasteiger partial charge is 0.309 e. The van der Waals surface area contributed by atoms with Crippen LogP contribution in [0.2, 0.25) is 0 Å². The maximum absolute atomic E-state index is 12.5. The lowest BCUT2D eigenvalue weighted by Gasteiger charge is -2.43. The molecule has 0 aliphatic heterocycles. The highest BCUT2D eigenvalue weighted by molar-refractivity contribution is 5.80. The van der Waals surface area contributed by atoms with Crippen molar-refractivity contribution in [3.8, 4) is 0 Å². The highest BCUT2D eigenvalue weighted by Crippen LogP contribution is 2.48. The Morgan fingerprint density at radius 3 is 1.96 bits per heavy atom. The van der Waals surface area contributed by atoms with E-state index in [1.54, 1.807) is 0 Å². The summed E-state index contributed by atoms with van der Waals surface area (Å²) in [5.74, 6) is -1.85. The van der Waals surface area contributed by atoms with E-state index < -0.39 is 17.4 Å². The summed E-state index contributed by atoms with van der Waals surface area (Å²) in [5.41, 5.74) is 9.81. The van der Waals surface area contributed by atoms with Gasteiger partial charge in [-0.15, -0.1) is 0 Å². The number of benzene rings is 3. The maximum atomic E-state index is 12.5. The summed E-state index contributed by atoms with van der Waals surface area (Å²) in [6, 6.07) is 29.5. The molecule has 3 aromatic carbocycles. The van der Waals surface area contributed by atoms with Crippen molar-refractivity contribution in [1.82, 2.24) is 0 Å². The van der Waals surface area contributed by atoms with Crippen LogP contribution in [0.3, 0.4) is 0 Å². The topological polar surface area (TPSA) is 63.3 Å². The van der Waals surface area contributed by atoms with Gasteiger partial charge in [-0.05, 0) is 28.7 Å². The lowest BCUT2D eigenvalue weighted by molar-refractivity contribution is -0.144. The highest BCUT2D eigenvalue weighted by atomic mass is 16.4. The van der Waals surface area contributed by atoms with Crippen LogP contribution in [0, 0.1) is 5.92 Å². The summed E-state index contributed by atoms with van der Waals surface area (Å²) in [4.78, 5) is 12.5. The Bertz CT molecular complexity index is 983. The molecule has 3 atom stereocenters. The van der Waals surface area contributed by atoms with Crippen LogP contribution in [-0.4, -0.2) is 11.1 Å². The van der Waals surface area contributed by atoms with Crippen LogP contribution in [0.1, 0.15) is 29.0 Å². The van der Waals surface area contributed by atoms with Crippen LogP contribution in [-0.2, 0) is 10.3 Å². The van der Waals surface area contributed by atoms with Crippen molar-refractivity contribution >= 4 is 11.5 Å². The molecule has 3 heteroatoms.